The zero-order chi connectivity index (χ0) is 25.5. The van der Waals surface area contributed by atoms with Crippen molar-refractivity contribution in [2.45, 2.75) is 6.92 Å². The minimum Gasteiger partial charge on any atom is -0.492 e. The number of nitrogens with zero attached hydrogens (tertiary/aromatic N) is 7. The van der Waals surface area contributed by atoms with Gasteiger partial charge in [-0.05, 0) is 42.8 Å². The zero-order valence-corrected chi connectivity index (χ0v) is 20.8. The third-order valence-corrected chi connectivity index (χ3v) is 6.28. The zero-order valence-electron chi connectivity index (χ0n) is 20.8. The molecule has 186 valence electrons. The molecule has 0 atom stereocenters. The Balaban J connectivity index is 1.29. The predicted molar refractivity (Wildman–Crippen MR) is 143 cm³/mol. The van der Waals surface area contributed by atoms with Crippen molar-refractivity contribution >= 4 is 53.1 Å². The van der Waals surface area contributed by atoms with Gasteiger partial charge in [-0.25, -0.2) is 19.9 Å². The van der Waals surface area contributed by atoms with Gasteiger partial charge < -0.3 is 29.4 Å². The Hall–Kier alpha value is -4.45. The van der Waals surface area contributed by atoms with Crippen LogP contribution in [0, 0.1) is 6.92 Å². The van der Waals surface area contributed by atoms with Gasteiger partial charge in [0.05, 0.1) is 36.3 Å². The van der Waals surface area contributed by atoms with E-state index in [4.69, 9.17) is 14.5 Å². The van der Waals surface area contributed by atoms with Crippen molar-refractivity contribution in [3.8, 4) is 17.4 Å². The summed E-state index contributed by atoms with van der Waals surface area (Å²) in [5.74, 6) is 2.19. The van der Waals surface area contributed by atoms with Gasteiger partial charge in [0, 0.05) is 31.9 Å². The van der Waals surface area contributed by atoms with Gasteiger partial charge in [0.15, 0.2) is 19.2 Å². The highest BCUT2D eigenvalue weighted by atomic mass is 16.5. The van der Waals surface area contributed by atoms with E-state index in [-0.39, 0.29) is 5.88 Å². The Morgan fingerprint density at radius 2 is 1.86 bits per heavy atom. The smallest absolute Gasteiger partial charge is 0.243 e. The second-order valence-electron chi connectivity index (χ2n) is 8.98. The number of aromatic hydroxyl groups is 1. The fourth-order valence-corrected chi connectivity index (χ4v) is 4.38. The van der Waals surface area contributed by atoms with Crippen molar-refractivity contribution in [2.75, 3.05) is 36.5 Å². The molecule has 0 saturated carbocycles. The monoisotopic (exact) mass is 496 g/mol. The molecule has 2 aromatic carbocycles. The van der Waals surface area contributed by atoms with Gasteiger partial charge in [-0.1, -0.05) is 0 Å². The fraction of sp³-hybridized carbons (Fsp3) is 0.240. The molecule has 3 aromatic heterocycles. The molecule has 1 aliphatic rings. The van der Waals surface area contributed by atoms with Crippen LogP contribution in [0.3, 0.4) is 0 Å². The summed E-state index contributed by atoms with van der Waals surface area (Å²) in [6.45, 7) is 4.44. The van der Waals surface area contributed by atoms with Gasteiger partial charge in [0.2, 0.25) is 11.8 Å². The summed E-state index contributed by atoms with van der Waals surface area (Å²) >= 11 is 0. The van der Waals surface area contributed by atoms with Crippen molar-refractivity contribution in [2.24, 2.45) is 7.05 Å². The molecule has 37 heavy (non-hydrogen) atoms. The van der Waals surface area contributed by atoms with Crippen LogP contribution in [0.2, 0.25) is 0 Å². The average Bonchev–Trinajstić information content (AvgIpc) is 3.26. The lowest BCUT2D eigenvalue weighted by Crippen LogP contribution is -2.37. The maximum atomic E-state index is 10.6. The van der Waals surface area contributed by atoms with E-state index in [1.54, 1.807) is 14.2 Å². The Bertz CT molecular complexity index is 1630. The summed E-state index contributed by atoms with van der Waals surface area (Å²) in [5.41, 5.74) is 4.90. The lowest BCUT2D eigenvalue weighted by atomic mass is 10.1. The molecule has 0 bridgehead atoms. The summed E-state index contributed by atoms with van der Waals surface area (Å²) in [6, 6.07) is 11.6. The number of imidazole rings is 1. The highest BCUT2D eigenvalue weighted by molar-refractivity contribution is 6.29. The molecule has 2 N–H and O–H groups in total. The van der Waals surface area contributed by atoms with Crippen LogP contribution in [0.4, 0.5) is 17.5 Å². The van der Waals surface area contributed by atoms with Crippen LogP contribution in [0.5, 0.6) is 17.4 Å². The van der Waals surface area contributed by atoms with E-state index >= 15 is 0 Å². The number of nitrogens with one attached hydrogen (secondary N) is 1. The van der Waals surface area contributed by atoms with Gasteiger partial charge in [0.1, 0.15) is 17.0 Å². The molecule has 0 radical (unpaired) electrons. The van der Waals surface area contributed by atoms with Crippen molar-refractivity contribution in [3.05, 3.63) is 48.3 Å². The first-order valence-corrected chi connectivity index (χ1v) is 12.0. The maximum Gasteiger partial charge on any atom is 0.243 e. The van der Waals surface area contributed by atoms with E-state index in [9.17, 15) is 5.11 Å². The molecule has 1 saturated heterocycles. The molecule has 12 heteroatoms. The number of rotatable bonds is 5. The Kier molecular flexibility index (Phi) is 5.72. The standard InChI is InChI=1S/C25H25BN8O3/c1-14-11-15(3-6-19(14)37-16-4-5-18-17(12-16)27-13-33(18)2)28-22-20-21(29-24(26)31-22)23(35)32-25(30-20)34-7-9-36-10-8-34/h3-6,11-13H,7-10,26H2,1-2H3,(H,28,29,31)(H,30,32,35). The molecule has 4 heterocycles. The van der Waals surface area contributed by atoms with E-state index in [0.717, 1.165) is 33.8 Å². The van der Waals surface area contributed by atoms with Crippen LogP contribution < -0.4 is 20.7 Å². The topological polar surface area (TPSA) is 123 Å². The number of fused-ring (bicyclic) bond motifs is 2. The molecule has 0 amide bonds. The first kappa shape index (κ1) is 23.0. The molecule has 5 aromatic rings. The third kappa shape index (κ3) is 4.47. The number of hydrogen-bond acceptors (Lipinski definition) is 10. The highest BCUT2D eigenvalue weighted by Gasteiger charge is 2.20. The van der Waals surface area contributed by atoms with E-state index in [1.165, 1.54) is 0 Å². The number of aryl methyl sites for hydroxylation is 2. The van der Waals surface area contributed by atoms with Gasteiger partial charge in [-0.2, -0.15) is 4.98 Å². The minimum atomic E-state index is -0.176. The van der Waals surface area contributed by atoms with E-state index in [2.05, 4.69) is 25.3 Å². The molecular weight excluding hydrogens is 471 g/mol. The van der Waals surface area contributed by atoms with Crippen LogP contribution in [0.25, 0.3) is 22.1 Å². The van der Waals surface area contributed by atoms with Crippen LogP contribution in [0.1, 0.15) is 5.56 Å². The number of aromatic nitrogens is 6. The molecule has 0 spiro atoms. The quantitative estimate of drug-likeness (QED) is 0.349. The predicted octanol–water partition coefficient (Wildman–Crippen LogP) is 1.95. The van der Waals surface area contributed by atoms with Crippen molar-refractivity contribution in [1.29, 1.82) is 0 Å². The summed E-state index contributed by atoms with van der Waals surface area (Å²) in [6.07, 6.45) is 1.79. The van der Waals surface area contributed by atoms with Gasteiger partial charge >= 0.3 is 0 Å². The molecule has 0 unspecified atom stereocenters. The maximum absolute atomic E-state index is 10.6. The number of ether oxygens (including phenoxy) is 2. The fourth-order valence-electron chi connectivity index (χ4n) is 4.38. The van der Waals surface area contributed by atoms with Crippen LogP contribution >= 0.6 is 0 Å². The van der Waals surface area contributed by atoms with Crippen LogP contribution in [-0.4, -0.2) is 68.7 Å². The van der Waals surface area contributed by atoms with Crippen LogP contribution in [0.15, 0.2) is 42.7 Å². The molecular formula is C25H25BN8O3. The van der Waals surface area contributed by atoms with E-state index in [0.29, 0.717) is 54.8 Å². The Labute approximate surface area is 213 Å². The summed E-state index contributed by atoms with van der Waals surface area (Å²) in [7, 11) is 3.73. The van der Waals surface area contributed by atoms with Gasteiger partial charge in [-0.15, -0.1) is 0 Å². The Morgan fingerprint density at radius 1 is 1.03 bits per heavy atom. The number of benzene rings is 2. The molecule has 1 aliphatic heterocycles. The van der Waals surface area contributed by atoms with E-state index < -0.39 is 0 Å². The van der Waals surface area contributed by atoms with Crippen molar-refractivity contribution in [3.63, 3.8) is 0 Å². The second-order valence-corrected chi connectivity index (χ2v) is 8.98. The minimum absolute atomic E-state index is 0.176. The highest BCUT2D eigenvalue weighted by Crippen LogP contribution is 2.32. The first-order valence-electron chi connectivity index (χ1n) is 12.0. The normalized spacial score (nSPS) is 13.8. The summed E-state index contributed by atoms with van der Waals surface area (Å²) in [4.78, 5) is 24.3. The van der Waals surface area contributed by atoms with Crippen molar-refractivity contribution in [1.82, 2.24) is 29.5 Å². The summed E-state index contributed by atoms with van der Waals surface area (Å²) in [5, 5.41) is 14.0. The largest absolute Gasteiger partial charge is 0.492 e. The van der Waals surface area contributed by atoms with Gasteiger partial charge in [0.25, 0.3) is 0 Å². The van der Waals surface area contributed by atoms with Crippen molar-refractivity contribution < 1.29 is 14.6 Å². The first-order chi connectivity index (χ1) is 17.9. The number of hydrogen-bond donors (Lipinski definition) is 2. The van der Waals surface area contributed by atoms with Gasteiger partial charge in [-0.3, -0.25) is 0 Å². The number of anilines is 3. The lowest BCUT2D eigenvalue weighted by Gasteiger charge is -2.27. The molecule has 0 aliphatic carbocycles. The second kappa shape index (κ2) is 9.21. The Morgan fingerprint density at radius 3 is 2.68 bits per heavy atom. The van der Waals surface area contributed by atoms with Crippen LogP contribution in [-0.2, 0) is 11.8 Å². The average molecular weight is 496 g/mol. The SMILES string of the molecule is Bc1nc(Nc2ccc(Oc3ccc4c(c3)ncn4C)c(C)c2)c2nc(N3CCOCC3)nc(O)c2n1. The lowest BCUT2D eigenvalue weighted by molar-refractivity contribution is 0.122. The van der Waals surface area contributed by atoms with E-state index in [1.807, 2.05) is 59.8 Å². The third-order valence-electron chi connectivity index (χ3n) is 6.28. The number of morpholine rings is 1. The molecule has 1 fully saturated rings. The molecule has 6 rings (SSSR count). The molecule has 11 nitrogen and oxygen atoms in total. The summed E-state index contributed by atoms with van der Waals surface area (Å²) < 4.78 is 13.5.